The Balaban J connectivity index is 0.00000169. The summed E-state index contributed by atoms with van der Waals surface area (Å²) in [5.41, 5.74) is 0.700. The second kappa shape index (κ2) is 7.00. The number of halogens is 1. The van der Waals surface area contributed by atoms with Crippen molar-refractivity contribution in [1.82, 2.24) is 15.5 Å². The zero-order chi connectivity index (χ0) is 15.9. The van der Waals surface area contributed by atoms with Crippen LogP contribution >= 0.6 is 24.0 Å². The molecule has 1 unspecified atom stereocenters. The van der Waals surface area contributed by atoms with Crippen molar-refractivity contribution in [3.8, 4) is 0 Å². The number of carbonyl (C=O) groups is 1. The first-order valence-corrected chi connectivity index (χ1v) is 9.37. The minimum absolute atomic E-state index is 0. The van der Waals surface area contributed by atoms with Gasteiger partial charge >= 0.3 is 0 Å². The molecule has 1 amide bonds. The van der Waals surface area contributed by atoms with Gasteiger partial charge in [-0.2, -0.15) is 0 Å². The van der Waals surface area contributed by atoms with Gasteiger partial charge in [0, 0.05) is 45.1 Å². The molecule has 5 nitrogen and oxygen atoms in total. The molecule has 2 saturated heterocycles. The Morgan fingerprint density at radius 1 is 1.33 bits per heavy atom. The van der Waals surface area contributed by atoms with E-state index in [1.54, 1.807) is 0 Å². The van der Waals surface area contributed by atoms with E-state index in [0.29, 0.717) is 11.8 Å². The molecule has 4 aliphatic rings. The van der Waals surface area contributed by atoms with E-state index in [-0.39, 0.29) is 35.3 Å². The van der Waals surface area contributed by atoms with Crippen LogP contribution in [0.2, 0.25) is 0 Å². The van der Waals surface area contributed by atoms with Crippen molar-refractivity contribution in [3.63, 3.8) is 0 Å². The summed E-state index contributed by atoms with van der Waals surface area (Å²) in [4.78, 5) is 18.6. The third-order valence-corrected chi connectivity index (χ3v) is 6.76. The summed E-state index contributed by atoms with van der Waals surface area (Å²) in [6.45, 7) is 3.95. The van der Waals surface area contributed by atoms with Crippen molar-refractivity contribution >= 4 is 35.8 Å². The lowest BCUT2D eigenvalue weighted by Gasteiger charge is -2.45. The van der Waals surface area contributed by atoms with E-state index >= 15 is 0 Å². The Labute approximate surface area is 162 Å². The minimum atomic E-state index is 0. The molecule has 0 radical (unpaired) electrons. The molecule has 4 rings (SSSR count). The number of rotatable bonds is 3. The van der Waals surface area contributed by atoms with Gasteiger partial charge in [0.15, 0.2) is 5.96 Å². The number of carbonyl (C=O) groups excluding carboxylic acids is 1. The van der Waals surface area contributed by atoms with Gasteiger partial charge < -0.3 is 15.5 Å². The number of guanidine groups is 1. The van der Waals surface area contributed by atoms with E-state index in [4.69, 9.17) is 0 Å². The predicted molar refractivity (Wildman–Crippen MR) is 107 cm³/mol. The van der Waals surface area contributed by atoms with Crippen LogP contribution in [0.4, 0.5) is 0 Å². The summed E-state index contributed by atoms with van der Waals surface area (Å²) in [5.74, 6) is 2.23. The van der Waals surface area contributed by atoms with Crippen LogP contribution < -0.4 is 10.6 Å². The molecule has 0 aromatic carbocycles. The van der Waals surface area contributed by atoms with Crippen LogP contribution in [-0.2, 0) is 4.79 Å². The molecule has 1 atom stereocenters. The number of aliphatic imine (C=N–C) groups is 1. The summed E-state index contributed by atoms with van der Waals surface area (Å²) in [6, 6.07) is 0. The molecule has 0 aromatic rings. The minimum Gasteiger partial charge on any atom is -0.356 e. The normalized spacial score (nSPS) is 32.1. The molecule has 136 valence electrons. The molecule has 2 N–H and O–H groups in total. The number of likely N-dealkylation sites (tertiary alicyclic amines) is 1. The van der Waals surface area contributed by atoms with Crippen LogP contribution in [0.5, 0.6) is 0 Å². The fraction of sp³-hybridized carbons (Fsp3) is 0.889. The van der Waals surface area contributed by atoms with Gasteiger partial charge in [-0.3, -0.25) is 9.79 Å². The first kappa shape index (κ1) is 18.3. The fourth-order valence-electron chi connectivity index (χ4n) is 5.07. The number of piperidine rings is 1. The Bertz CT molecular complexity index is 515. The van der Waals surface area contributed by atoms with Crippen molar-refractivity contribution < 1.29 is 4.79 Å². The zero-order valence-corrected chi connectivity index (χ0v) is 17.1. The number of nitrogens with zero attached hydrogens (tertiary/aromatic N) is 2. The summed E-state index contributed by atoms with van der Waals surface area (Å²) < 4.78 is 0. The van der Waals surface area contributed by atoms with Crippen molar-refractivity contribution in [2.24, 2.45) is 21.7 Å². The zero-order valence-electron chi connectivity index (χ0n) is 14.8. The maximum Gasteiger partial charge on any atom is 0.220 e. The second-order valence-corrected chi connectivity index (χ2v) is 8.37. The van der Waals surface area contributed by atoms with Gasteiger partial charge in [0.25, 0.3) is 0 Å². The van der Waals surface area contributed by atoms with E-state index in [2.05, 4.69) is 20.5 Å². The maximum atomic E-state index is 11.7. The maximum absolute atomic E-state index is 11.7. The fourth-order valence-corrected chi connectivity index (χ4v) is 5.07. The smallest absolute Gasteiger partial charge is 0.220 e. The van der Waals surface area contributed by atoms with Crippen molar-refractivity contribution in [1.29, 1.82) is 0 Å². The number of nitrogens with one attached hydrogen (secondary N) is 2. The molecular weight excluding hydrogens is 415 g/mol. The molecule has 6 heteroatoms. The first-order chi connectivity index (χ1) is 11.1. The van der Waals surface area contributed by atoms with Gasteiger partial charge in [0.2, 0.25) is 5.91 Å². The SMILES string of the molecule is CN=C(NCC1(C2CC2)CCC1)N1CCCC2(CNC(=O)C2)C1.I. The molecule has 0 aromatic heterocycles. The molecule has 2 aliphatic heterocycles. The van der Waals surface area contributed by atoms with Gasteiger partial charge in [0.05, 0.1) is 0 Å². The highest BCUT2D eigenvalue weighted by Gasteiger charge is 2.49. The highest BCUT2D eigenvalue weighted by Crippen LogP contribution is 2.56. The summed E-state index contributed by atoms with van der Waals surface area (Å²) >= 11 is 0. The van der Waals surface area contributed by atoms with Gasteiger partial charge in [-0.1, -0.05) is 6.42 Å². The van der Waals surface area contributed by atoms with Crippen LogP contribution in [0.25, 0.3) is 0 Å². The van der Waals surface area contributed by atoms with Crippen molar-refractivity contribution in [3.05, 3.63) is 0 Å². The third kappa shape index (κ3) is 3.40. The van der Waals surface area contributed by atoms with Crippen molar-refractivity contribution in [2.75, 3.05) is 33.2 Å². The lowest BCUT2D eigenvalue weighted by atomic mass is 9.65. The summed E-state index contributed by atoms with van der Waals surface area (Å²) in [7, 11) is 1.90. The van der Waals surface area contributed by atoms with Gasteiger partial charge in [0.1, 0.15) is 0 Å². The monoisotopic (exact) mass is 446 g/mol. The average molecular weight is 446 g/mol. The van der Waals surface area contributed by atoms with Crippen LogP contribution in [0.1, 0.15) is 51.4 Å². The van der Waals surface area contributed by atoms with E-state index in [1.165, 1.54) is 32.1 Å². The molecule has 2 heterocycles. The molecule has 4 fully saturated rings. The molecule has 2 saturated carbocycles. The third-order valence-electron chi connectivity index (χ3n) is 6.76. The van der Waals surface area contributed by atoms with E-state index in [9.17, 15) is 4.79 Å². The molecule has 1 spiro atoms. The van der Waals surface area contributed by atoms with E-state index < -0.39 is 0 Å². The number of hydrogen-bond acceptors (Lipinski definition) is 2. The van der Waals surface area contributed by atoms with Gasteiger partial charge in [-0.15, -0.1) is 24.0 Å². The number of hydrogen-bond donors (Lipinski definition) is 2. The Morgan fingerprint density at radius 3 is 2.67 bits per heavy atom. The van der Waals surface area contributed by atoms with Crippen LogP contribution in [0.15, 0.2) is 4.99 Å². The number of amides is 1. The Hall–Kier alpha value is -0.530. The molecule has 2 aliphatic carbocycles. The van der Waals surface area contributed by atoms with Crippen molar-refractivity contribution in [2.45, 2.75) is 51.4 Å². The van der Waals surface area contributed by atoms with E-state index in [0.717, 1.165) is 50.9 Å². The highest BCUT2D eigenvalue weighted by atomic mass is 127. The molecule has 0 bridgehead atoms. The Morgan fingerprint density at radius 2 is 2.12 bits per heavy atom. The lowest BCUT2D eigenvalue weighted by molar-refractivity contribution is -0.119. The Kier molecular flexibility index (Phi) is 5.33. The predicted octanol–water partition coefficient (Wildman–Crippen LogP) is 2.36. The van der Waals surface area contributed by atoms with Crippen LogP contribution in [0.3, 0.4) is 0 Å². The topological polar surface area (TPSA) is 56.7 Å². The summed E-state index contributed by atoms with van der Waals surface area (Å²) in [5, 5.41) is 6.72. The lowest BCUT2D eigenvalue weighted by Crippen LogP contribution is -2.54. The second-order valence-electron chi connectivity index (χ2n) is 8.37. The largest absolute Gasteiger partial charge is 0.356 e. The molecular formula is C18H31IN4O. The quantitative estimate of drug-likeness (QED) is 0.398. The average Bonchev–Trinajstić information content (AvgIpc) is 3.28. The first-order valence-electron chi connectivity index (χ1n) is 9.37. The van der Waals surface area contributed by atoms with Gasteiger partial charge in [-0.05, 0) is 49.9 Å². The highest BCUT2D eigenvalue weighted by molar-refractivity contribution is 14.0. The van der Waals surface area contributed by atoms with Gasteiger partial charge in [-0.25, -0.2) is 0 Å². The standard InChI is InChI=1S/C18H30N4O.HI/c1-19-16(21-12-18(7-2-8-18)14-4-5-14)22-9-3-6-17(13-22)10-15(23)20-11-17;/h14H,2-13H2,1H3,(H,19,21)(H,20,23);1H. The van der Waals surface area contributed by atoms with E-state index in [1.807, 2.05) is 7.05 Å². The van der Waals surface area contributed by atoms with Crippen LogP contribution in [0, 0.1) is 16.7 Å². The summed E-state index contributed by atoms with van der Waals surface area (Å²) in [6.07, 6.45) is 10.0. The van der Waals surface area contributed by atoms with Crippen LogP contribution in [-0.4, -0.2) is 50.0 Å². The molecule has 24 heavy (non-hydrogen) atoms.